The molecule has 1 saturated heterocycles. The zero-order chi connectivity index (χ0) is 17.7. The van der Waals surface area contributed by atoms with E-state index in [0.717, 1.165) is 0 Å². The molecule has 132 valence electrons. The largest absolute Gasteiger partial charge is 0.487 e. The van der Waals surface area contributed by atoms with Gasteiger partial charge in [-0.25, -0.2) is 0 Å². The summed E-state index contributed by atoms with van der Waals surface area (Å²) in [6, 6.07) is 5.26. The summed E-state index contributed by atoms with van der Waals surface area (Å²) in [6.07, 6.45) is 1.38. The van der Waals surface area contributed by atoms with Crippen LogP contribution in [0.15, 0.2) is 18.2 Å². The van der Waals surface area contributed by atoms with Gasteiger partial charge in [0.25, 0.3) is 0 Å². The molecule has 1 aliphatic rings. The number of anilines is 1. The van der Waals surface area contributed by atoms with Crippen LogP contribution in [0.3, 0.4) is 0 Å². The number of piperidine rings is 1. The van der Waals surface area contributed by atoms with E-state index in [1.807, 2.05) is 18.7 Å². The van der Waals surface area contributed by atoms with Crippen molar-refractivity contribution in [1.29, 1.82) is 0 Å². The Hall–Kier alpha value is -2.31. The highest BCUT2D eigenvalue weighted by atomic mass is 16.6. The number of para-hydroxylation sites is 1. The van der Waals surface area contributed by atoms with Gasteiger partial charge in [-0.05, 0) is 45.7 Å². The summed E-state index contributed by atoms with van der Waals surface area (Å²) >= 11 is 0. The van der Waals surface area contributed by atoms with E-state index in [1.54, 1.807) is 25.1 Å². The van der Waals surface area contributed by atoms with Crippen LogP contribution in [0.2, 0.25) is 0 Å². The normalized spacial score (nSPS) is 15.4. The van der Waals surface area contributed by atoms with Crippen LogP contribution in [0.4, 0.5) is 11.4 Å². The highest BCUT2D eigenvalue weighted by Gasteiger charge is 2.30. The lowest BCUT2D eigenvalue weighted by molar-refractivity contribution is -0.385. The zero-order valence-electron chi connectivity index (χ0n) is 14.4. The number of hydrogen-bond donors (Lipinski definition) is 1. The zero-order valence-corrected chi connectivity index (χ0v) is 14.4. The molecule has 0 unspecified atom stereocenters. The summed E-state index contributed by atoms with van der Waals surface area (Å²) in [6.45, 7) is 7.29. The molecule has 1 fully saturated rings. The average Bonchev–Trinajstić information content (AvgIpc) is 2.54. The lowest BCUT2D eigenvalue weighted by Crippen LogP contribution is -2.42. The maximum atomic E-state index is 12.1. The Labute approximate surface area is 142 Å². The van der Waals surface area contributed by atoms with Gasteiger partial charge in [-0.15, -0.1) is 0 Å². The Bertz CT molecular complexity index is 595. The minimum Gasteiger partial charge on any atom is -0.487 e. The number of amides is 1. The van der Waals surface area contributed by atoms with Gasteiger partial charge in [0.05, 0.1) is 11.5 Å². The van der Waals surface area contributed by atoms with Gasteiger partial charge in [0.15, 0.2) is 5.75 Å². The van der Waals surface area contributed by atoms with Crippen LogP contribution in [0.1, 0.15) is 33.6 Å². The topological polar surface area (TPSA) is 84.7 Å². The molecular weight excluding hydrogens is 310 g/mol. The first-order chi connectivity index (χ1) is 11.4. The van der Waals surface area contributed by atoms with Crippen molar-refractivity contribution in [2.45, 2.75) is 39.7 Å². The van der Waals surface area contributed by atoms with Crippen LogP contribution in [0, 0.1) is 16.0 Å². The van der Waals surface area contributed by atoms with Crippen LogP contribution in [0.25, 0.3) is 0 Å². The molecule has 2 rings (SSSR count). The fraction of sp³-hybridized carbons (Fsp3) is 0.588. The molecule has 0 spiro atoms. The van der Waals surface area contributed by atoms with Gasteiger partial charge >= 0.3 is 5.69 Å². The molecule has 1 aromatic rings. The van der Waals surface area contributed by atoms with Gasteiger partial charge in [0.1, 0.15) is 5.69 Å². The van der Waals surface area contributed by atoms with E-state index in [9.17, 15) is 14.9 Å². The number of ether oxygens (including phenoxy) is 1. The van der Waals surface area contributed by atoms with Crippen molar-refractivity contribution < 1.29 is 14.5 Å². The van der Waals surface area contributed by atoms with E-state index in [1.165, 1.54) is 0 Å². The summed E-state index contributed by atoms with van der Waals surface area (Å²) in [5.41, 5.74) is 0.568. The van der Waals surface area contributed by atoms with Crippen molar-refractivity contribution in [3.8, 4) is 5.75 Å². The van der Waals surface area contributed by atoms with Gasteiger partial charge in [-0.3, -0.25) is 14.9 Å². The molecule has 0 aromatic heterocycles. The molecule has 0 atom stereocenters. The standard InChI is InChI=1S/C17H25N3O4/c1-4-24-15-7-5-6-14(16(15)20(22)23)19-10-8-13(9-11-19)17(21)18-12(2)3/h5-7,12-13H,4,8-11H2,1-3H3,(H,18,21). The predicted molar refractivity (Wildman–Crippen MR) is 92.5 cm³/mol. The second kappa shape index (κ2) is 7.99. The molecule has 1 N–H and O–H groups in total. The number of nitrogens with one attached hydrogen (secondary N) is 1. The van der Waals surface area contributed by atoms with E-state index in [2.05, 4.69) is 5.32 Å². The van der Waals surface area contributed by atoms with Crippen molar-refractivity contribution in [3.05, 3.63) is 28.3 Å². The third-order valence-corrected chi connectivity index (χ3v) is 4.10. The molecule has 7 heteroatoms. The van der Waals surface area contributed by atoms with Gasteiger partial charge < -0.3 is 15.0 Å². The van der Waals surface area contributed by atoms with Gasteiger partial charge in [0.2, 0.25) is 5.91 Å². The first-order valence-corrected chi connectivity index (χ1v) is 8.39. The number of nitro benzene ring substituents is 1. The van der Waals surface area contributed by atoms with Crippen LogP contribution in [-0.2, 0) is 4.79 Å². The summed E-state index contributed by atoms with van der Waals surface area (Å²) in [5, 5.41) is 14.4. The van der Waals surface area contributed by atoms with E-state index in [4.69, 9.17) is 4.74 Å². The molecule has 0 aliphatic carbocycles. The number of hydrogen-bond acceptors (Lipinski definition) is 5. The fourth-order valence-corrected chi connectivity index (χ4v) is 3.01. The Morgan fingerprint density at radius 2 is 2.08 bits per heavy atom. The van der Waals surface area contributed by atoms with E-state index in [-0.39, 0.29) is 23.6 Å². The van der Waals surface area contributed by atoms with Crippen LogP contribution >= 0.6 is 0 Å². The number of carbonyl (C=O) groups excluding carboxylic acids is 1. The van der Waals surface area contributed by atoms with Crippen molar-refractivity contribution in [1.82, 2.24) is 5.32 Å². The Balaban J connectivity index is 2.13. The van der Waals surface area contributed by atoms with E-state index >= 15 is 0 Å². The van der Waals surface area contributed by atoms with Gasteiger partial charge in [-0.2, -0.15) is 0 Å². The number of nitrogens with zero attached hydrogens (tertiary/aromatic N) is 2. The molecule has 24 heavy (non-hydrogen) atoms. The molecule has 0 radical (unpaired) electrons. The number of carbonyl (C=O) groups is 1. The molecule has 0 bridgehead atoms. The van der Waals surface area contributed by atoms with Gasteiger partial charge in [-0.1, -0.05) is 6.07 Å². The molecular formula is C17H25N3O4. The van der Waals surface area contributed by atoms with Gasteiger partial charge in [0, 0.05) is 25.0 Å². The second-order valence-corrected chi connectivity index (χ2v) is 6.24. The Morgan fingerprint density at radius 1 is 1.42 bits per heavy atom. The van der Waals surface area contributed by atoms with Crippen LogP contribution in [-0.4, -0.2) is 36.6 Å². The third kappa shape index (κ3) is 4.15. The molecule has 7 nitrogen and oxygen atoms in total. The monoisotopic (exact) mass is 335 g/mol. The third-order valence-electron chi connectivity index (χ3n) is 4.10. The number of nitro groups is 1. The smallest absolute Gasteiger partial charge is 0.333 e. The second-order valence-electron chi connectivity index (χ2n) is 6.24. The van der Waals surface area contributed by atoms with Crippen molar-refractivity contribution in [2.75, 3.05) is 24.6 Å². The predicted octanol–water partition coefficient (Wildman–Crippen LogP) is 2.73. The minimum absolute atomic E-state index is 0.00410. The van der Waals surface area contributed by atoms with Crippen molar-refractivity contribution >= 4 is 17.3 Å². The molecule has 1 aliphatic heterocycles. The maximum Gasteiger partial charge on any atom is 0.333 e. The van der Waals surface area contributed by atoms with Crippen LogP contribution < -0.4 is 15.0 Å². The Morgan fingerprint density at radius 3 is 2.62 bits per heavy atom. The minimum atomic E-state index is -0.391. The fourth-order valence-electron chi connectivity index (χ4n) is 3.01. The molecule has 1 aromatic carbocycles. The molecule has 0 saturated carbocycles. The summed E-state index contributed by atoms with van der Waals surface area (Å²) in [5.74, 6) is 0.333. The first-order valence-electron chi connectivity index (χ1n) is 8.39. The molecule has 1 amide bonds. The van der Waals surface area contributed by atoms with Crippen molar-refractivity contribution in [2.24, 2.45) is 5.92 Å². The summed E-state index contributed by atoms with van der Waals surface area (Å²) in [7, 11) is 0. The molecule has 1 heterocycles. The lowest BCUT2D eigenvalue weighted by atomic mass is 9.95. The van der Waals surface area contributed by atoms with E-state index in [0.29, 0.717) is 44.0 Å². The SMILES string of the molecule is CCOc1cccc(N2CCC(C(=O)NC(C)C)CC2)c1[N+](=O)[O-]. The van der Waals surface area contributed by atoms with E-state index < -0.39 is 4.92 Å². The average molecular weight is 335 g/mol. The number of rotatable bonds is 6. The maximum absolute atomic E-state index is 12.1. The quantitative estimate of drug-likeness (QED) is 0.638. The van der Waals surface area contributed by atoms with Crippen molar-refractivity contribution in [3.63, 3.8) is 0 Å². The lowest BCUT2D eigenvalue weighted by Gasteiger charge is -2.33. The van der Waals surface area contributed by atoms with Crippen LogP contribution in [0.5, 0.6) is 5.75 Å². The number of benzene rings is 1. The highest BCUT2D eigenvalue weighted by molar-refractivity contribution is 5.79. The Kier molecular flexibility index (Phi) is 6.00. The summed E-state index contributed by atoms with van der Waals surface area (Å²) in [4.78, 5) is 25.2. The first kappa shape index (κ1) is 18.0. The summed E-state index contributed by atoms with van der Waals surface area (Å²) < 4.78 is 5.40. The highest BCUT2D eigenvalue weighted by Crippen LogP contribution is 2.38.